The summed E-state index contributed by atoms with van der Waals surface area (Å²) in [6, 6.07) is 0. The number of halogens is 15. The summed E-state index contributed by atoms with van der Waals surface area (Å²) < 4.78 is 210. The molecule has 3 nitrogen and oxygen atoms in total. The molecule has 0 aliphatic heterocycles. The van der Waals surface area contributed by atoms with Gasteiger partial charge in [-0.25, -0.2) is 4.21 Å². The first kappa shape index (κ1) is 25.0. The summed E-state index contributed by atoms with van der Waals surface area (Å²) >= 11 is -5.57. The van der Waals surface area contributed by atoms with Gasteiger partial charge in [0.1, 0.15) is 0 Å². The molecule has 0 aliphatic carbocycles. The van der Waals surface area contributed by atoms with Crippen molar-refractivity contribution in [2.45, 2.75) is 41.9 Å². The normalized spacial score (nSPS) is 17.4. The van der Waals surface area contributed by atoms with Crippen LogP contribution in [0.5, 0.6) is 0 Å². The molecule has 0 aromatic carbocycles. The zero-order valence-electron chi connectivity index (χ0n) is 10.8. The van der Waals surface area contributed by atoms with E-state index in [0.29, 0.717) is 0 Å². The minimum atomic E-state index is -8.39. The zero-order chi connectivity index (χ0) is 21.8. The fourth-order valence-corrected chi connectivity index (χ4v) is 1.97. The largest absolute Gasteiger partial charge is 0.750 e. The highest BCUT2D eigenvalue weighted by molar-refractivity contribution is 7.74. The van der Waals surface area contributed by atoms with E-state index in [9.17, 15) is 74.6 Å². The van der Waals surface area contributed by atoms with Crippen molar-refractivity contribution in [3.8, 4) is 0 Å². The monoisotopic (exact) mass is 449 g/mol. The van der Waals surface area contributed by atoms with Gasteiger partial charge in [0.2, 0.25) is 0 Å². The van der Waals surface area contributed by atoms with E-state index in [1.165, 1.54) is 0 Å². The third-order valence-electron chi connectivity index (χ3n) is 2.59. The third kappa shape index (κ3) is 3.32. The predicted molar refractivity (Wildman–Crippen MR) is 45.7 cm³/mol. The van der Waals surface area contributed by atoms with Crippen LogP contribution in [0.4, 0.5) is 65.9 Å². The quantitative estimate of drug-likeness (QED) is 0.469. The fraction of sp³-hybridized carbons (Fsp3) is 1.00. The Morgan fingerprint density at radius 1 is 0.538 bits per heavy atom. The van der Waals surface area contributed by atoms with Gasteiger partial charge in [0.05, 0.1) is 11.4 Å². The van der Waals surface area contributed by atoms with Gasteiger partial charge in [-0.1, -0.05) is 0 Å². The number of hydrogen-bond acceptors (Lipinski definition) is 3. The topological polar surface area (TPSA) is 49.4 Å². The summed E-state index contributed by atoms with van der Waals surface area (Å²) in [6.45, 7) is 0. The Kier molecular flexibility index (Phi) is 6.04. The van der Waals surface area contributed by atoms with Crippen LogP contribution >= 0.6 is 0 Å². The Morgan fingerprint density at radius 2 is 0.731 bits per heavy atom. The molecular weight excluding hydrogens is 449 g/mol. The van der Waals surface area contributed by atoms with Crippen LogP contribution in [0.15, 0.2) is 0 Å². The van der Waals surface area contributed by atoms with Crippen molar-refractivity contribution in [1.82, 2.24) is 0 Å². The van der Waals surface area contributed by atoms with Gasteiger partial charge in [-0.3, -0.25) is 4.18 Å². The van der Waals surface area contributed by atoms with Crippen molar-refractivity contribution in [3.05, 3.63) is 0 Å². The molecule has 0 fully saturated rings. The lowest BCUT2D eigenvalue weighted by Gasteiger charge is -2.48. The molecule has 0 N–H and O–H groups in total. The van der Waals surface area contributed by atoms with Gasteiger partial charge in [-0.2, -0.15) is 65.9 Å². The van der Waals surface area contributed by atoms with E-state index in [2.05, 4.69) is 0 Å². The number of rotatable bonds is 5. The van der Waals surface area contributed by atoms with Crippen LogP contribution in [0.2, 0.25) is 0 Å². The van der Waals surface area contributed by atoms with Gasteiger partial charge < -0.3 is 4.55 Å². The molecule has 0 amide bonds. The van der Waals surface area contributed by atoms with Crippen molar-refractivity contribution >= 4 is 11.4 Å². The average Bonchev–Trinajstić information content (AvgIpc) is 2.30. The molecular formula is C7F15O3S-. The van der Waals surface area contributed by atoms with E-state index < -0.39 is 53.3 Å². The second kappa shape index (κ2) is 6.28. The second-order valence-corrected chi connectivity index (χ2v) is 4.76. The molecule has 158 valence electrons. The molecule has 26 heavy (non-hydrogen) atoms. The fourth-order valence-electron chi connectivity index (χ4n) is 1.45. The van der Waals surface area contributed by atoms with Crippen LogP contribution in [0.1, 0.15) is 0 Å². The molecule has 1 unspecified atom stereocenters. The summed E-state index contributed by atoms with van der Waals surface area (Å²) in [5.74, 6) is -25.2. The molecule has 0 aromatic rings. The Labute approximate surface area is 133 Å². The van der Waals surface area contributed by atoms with Crippen molar-refractivity contribution in [2.75, 3.05) is 0 Å². The van der Waals surface area contributed by atoms with Gasteiger partial charge >= 0.3 is 41.9 Å². The van der Waals surface area contributed by atoms with E-state index in [0.717, 1.165) is 0 Å². The second-order valence-electron chi connectivity index (χ2n) is 4.19. The first-order chi connectivity index (χ1) is 10.9. The Morgan fingerprint density at radius 3 is 0.846 bits per heavy atom. The van der Waals surface area contributed by atoms with Crippen molar-refractivity contribution in [3.63, 3.8) is 0 Å². The molecule has 0 saturated heterocycles. The molecule has 0 heterocycles. The molecule has 0 bridgehead atoms. The average molecular weight is 449 g/mol. The summed E-state index contributed by atoms with van der Waals surface area (Å²) in [4.78, 5) is 0. The van der Waals surface area contributed by atoms with Gasteiger partial charge in [0.15, 0.2) is 0 Å². The summed E-state index contributed by atoms with van der Waals surface area (Å²) in [5, 5.41) is 0. The molecule has 1 atom stereocenters. The molecule has 0 saturated carbocycles. The minimum Gasteiger partial charge on any atom is -0.750 e. The lowest BCUT2D eigenvalue weighted by Crippen LogP contribution is -2.81. The van der Waals surface area contributed by atoms with Crippen molar-refractivity contribution in [1.29, 1.82) is 0 Å². The predicted octanol–water partition coefficient (Wildman–Crippen LogP) is 4.13. The summed E-state index contributed by atoms with van der Waals surface area (Å²) in [6.07, 6.45) is -23.9. The van der Waals surface area contributed by atoms with Crippen LogP contribution in [0, 0.1) is 0 Å². The molecule has 0 rings (SSSR count). The van der Waals surface area contributed by atoms with Crippen molar-refractivity contribution < 1.29 is 78.8 Å². The van der Waals surface area contributed by atoms with Gasteiger partial charge in [-0.05, 0) is 0 Å². The molecule has 0 radical (unpaired) electrons. The Bertz CT molecular complexity index is 478. The summed E-state index contributed by atoms with van der Waals surface area (Å²) in [5.41, 5.74) is -8.33. The molecule has 0 aliphatic rings. The maximum atomic E-state index is 13.2. The number of hydrogen-bond donors (Lipinski definition) is 0. The van der Waals surface area contributed by atoms with Crippen molar-refractivity contribution in [2.24, 2.45) is 0 Å². The Balaban J connectivity index is 7.53. The maximum absolute atomic E-state index is 13.2. The molecule has 19 heteroatoms. The van der Waals surface area contributed by atoms with Gasteiger partial charge in [-0.15, -0.1) is 0 Å². The highest BCUT2D eigenvalue weighted by Crippen LogP contribution is 2.65. The lowest BCUT2D eigenvalue weighted by molar-refractivity contribution is -0.479. The standard InChI is InChI=1S/C7HF15O3S/c8-2(9,5(14,15)16)1(25-26(23)24,3(10,11)6(17,18)19)4(12,13)7(20,21)22/h(H,23,24)/p-1. The van der Waals surface area contributed by atoms with E-state index in [1.54, 1.807) is 4.18 Å². The van der Waals surface area contributed by atoms with Gasteiger partial charge in [0, 0.05) is 0 Å². The minimum absolute atomic E-state index is 1.72. The van der Waals surface area contributed by atoms with Crippen LogP contribution in [-0.4, -0.2) is 50.7 Å². The maximum Gasteiger partial charge on any atom is 0.457 e. The number of alkyl halides is 15. The van der Waals surface area contributed by atoms with Gasteiger partial charge in [0.25, 0.3) is 0 Å². The SMILES string of the molecule is O=S([O-])OC(C(F)(F)C(F)(F)F)(C(F)(F)C(F)(F)F)C(F)(F)C(F)(F)F. The highest BCUT2D eigenvalue weighted by atomic mass is 32.2. The first-order valence-electron chi connectivity index (χ1n) is 5.04. The highest BCUT2D eigenvalue weighted by Gasteiger charge is 2.98. The van der Waals surface area contributed by atoms with Crippen LogP contribution in [0.3, 0.4) is 0 Å². The van der Waals surface area contributed by atoms with E-state index >= 15 is 0 Å². The summed E-state index contributed by atoms with van der Waals surface area (Å²) in [7, 11) is 0. The third-order valence-corrected chi connectivity index (χ3v) is 2.97. The van der Waals surface area contributed by atoms with E-state index in [4.69, 9.17) is 0 Å². The smallest absolute Gasteiger partial charge is 0.457 e. The lowest BCUT2D eigenvalue weighted by atomic mass is 9.80. The van der Waals surface area contributed by atoms with Crippen LogP contribution in [-0.2, 0) is 15.5 Å². The van der Waals surface area contributed by atoms with Crippen LogP contribution < -0.4 is 0 Å². The first-order valence-corrected chi connectivity index (χ1v) is 6.04. The van der Waals surface area contributed by atoms with E-state index in [1.807, 2.05) is 0 Å². The molecule has 0 spiro atoms. The van der Waals surface area contributed by atoms with E-state index in [-0.39, 0.29) is 0 Å². The Hall–Kier alpha value is -0.980. The zero-order valence-corrected chi connectivity index (χ0v) is 11.6. The molecule has 0 aromatic heterocycles. The van der Waals surface area contributed by atoms with Crippen LogP contribution in [0.25, 0.3) is 0 Å².